The number of hydrogen-bond acceptors (Lipinski definition) is 7. The minimum absolute atomic E-state index is 0.0619. The van der Waals surface area contributed by atoms with Crippen LogP contribution in [0.5, 0.6) is 11.5 Å². The second-order valence-electron chi connectivity index (χ2n) is 8.02. The second kappa shape index (κ2) is 10.3. The first-order valence-corrected chi connectivity index (χ1v) is 11.6. The number of nitrogen functional groups attached to an aromatic ring is 1. The highest BCUT2D eigenvalue weighted by molar-refractivity contribution is 5.92. The summed E-state index contributed by atoms with van der Waals surface area (Å²) in [6.45, 7) is 9.50. The van der Waals surface area contributed by atoms with Gasteiger partial charge in [0, 0.05) is 24.7 Å². The molecule has 1 amide bonds. The van der Waals surface area contributed by atoms with Crippen molar-refractivity contribution >= 4 is 22.6 Å². The number of carbonyl (C=O) groups is 1. The Balaban J connectivity index is 1.78. The Morgan fingerprint density at radius 3 is 2.46 bits per heavy atom. The quantitative estimate of drug-likeness (QED) is 0.412. The zero-order chi connectivity index (χ0) is 24.9. The molecule has 0 saturated carbocycles. The Morgan fingerprint density at radius 1 is 1.20 bits per heavy atom. The van der Waals surface area contributed by atoms with E-state index in [1.54, 1.807) is 9.58 Å². The summed E-state index contributed by atoms with van der Waals surface area (Å²) < 4.78 is 13.1. The number of amides is 1. The van der Waals surface area contributed by atoms with Crippen molar-refractivity contribution < 1.29 is 14.3 Å². The molecule has 1 aromatic carbocycles. The molecule has 10 heteroatoms. The van der Waals surface area contributed by atoms with Crippen molar-refractivity contribution in [2.75, 3.05) is 32.0 Å². The lowest BCUT2D eigenvalue weighted by molar-refractivity contribution is -0.127. The van der Waals surface area contributed by atoms with Gasteiger partial charge in [-0.2, -0.15) is 10.2 Å². The van der Waals surface area contributed by atoms with Crippen LogP contribution < -0.4 is 20.8 Å². The number of aromatic amines is 1. The van der Waals surface area contributed by atoms with Crippen molar-refractivity contribution in [2.24, 2.45) is 0 Å². The van der Waals surface area contributed by atoms with Crippen molar-refractivity contribution in [1.82, 2.24) is 24.9 Å². The minimum atomic E-state index is -0.438. The first kappa shape index (κ1) is 23.9. The van der Waals surface area contributed by atoms with Crippen LogP contribution in [0.25, 0.3) is 10.9 Å². The SMILES string of the molecule is C=CC(=O)N1CCC(n2nc3c(=O)[nH]nc(N)c3c2C#Cc2cc(OCC)cc(OCC)c2)CC1. The molecule has 10 nitrogen and oxygen atoms in total. The number of nitrogens with two attached hydrogens (primary N) is 1. The number of aromatic nitrogens is 4. The van der Waals surface area contributed by atoms with Gasteiger partial charge in [-0.1, -0.05) is 12.5 Å². The zero-order valence-electron chi connectivity index (χ0n) is 19.8. The molecule has 3 N–H and O–H groups in total. The highest BCUT2D eigenvalue weighted by atomic mass is 16.5. The molecule has 182 valence electrons. The molecule has 4 rings (SSSR count). The molecule has 35 heavy (non-hydrogen) atoms. The fourth-order valence-electron chi connectivity index (χ4n) is 4.18. The van der Waals surface area contributed by atoms with E-state index in [-0.39, 0.29) is 23.3 Å². The molecular formula is C25H28N6O4. The molecule has 0 bridgehead atoms. The number of anilines is 1. The van der Waals surface area contributed by atoms with Crippen LogP contribution in [0.2, 0.25) is 0 Å². The first-order valence-electron chi connectivity index (χ1n) is 11.6. The smallest absolute Gasteiger partial charge is 0.292 e. The molecule has 0 atom stereocenters. The number of piperidine rings is 1. The van der Waals surface area contributed by atoms with E-state index >= 15 is 0 Å². The normalized spacial score (nSPS) is 13.8. The molecular weight excluding hydrogens is 448 g/mol. The molecule has 0 unspecified atom stereocenters. The van der Waals surface area contributed by atoms with Crippen LogP contribution in [0.15, 0.2) is 35.6 Å². The van der Waals surface area contributed by atoms with Gasteiger partial charge >= 0.3 is 0 Å². The van der Waals surface area contributed by atoms with E-state index in [1.807, 2.05) is 32.0 Å². The van der Waals surface area contributed by atoms with Crippen molar-refractivity contribution in [1.29, 1.82) is 0 Å². The van der Waals surface area contributed by atoms with Gasteiger partial charge in [0.15, 0.2) is 11.3 Å². The van der Waals surface area contributed by atoms with Crippen LogP contribution in [-0.4, -0.2) is 57.1 Å². The predicted molar refractivity (Wildman–Crippen MR) is 132 cm³/mol. The van der Waals surface area contributed by atoms with Crippen LogP contribution in [0.1, 0.15) is 44.0 Å². The first-order chi connectivity index (χ1) is 16.9. The summed E-state index contributed by atoms with van der Waals surface area (Å²) in [6, 6.07) is 5.41. The van der Waals surface area contributed by atoms with E-state index in [1.165, 1.54) is 6.08 Å². The highest BCUT2D eigenvalue weighted by Crippen LogP contribution is 2.29. The van der Waals surface area contributed by atoms with Gasteiger partial charge in [-0.05, 0) is 50.8 Å². The van der Waals surface area contributed by atoms with E-state index < -0.39 is 5.56 Å². The number of benzene rings is 1. The van der Waals surface area contributed by atoms with E-state index in [0.29, 0.717) is 67.3 Å². The molecule has 0 radical (unpaired) electrons. The van der Waals surface area contributed by atoms with Gasteiger partial charge in [-0.25, -0.2) is 5.10 Å². The molecule has 3 heterocycles. The fraction of sp³-hybridized carbons (Fsp3) is 0.360. The number of rotatable bonds is 6. The average molecular weight is 477 g/mol. The standard InChI is InChI=1S/C25H28N6O4/c1-4-21(32)30-11-9-17(10-12-30)31-20(22-23(29-31)25(33)28-27-24(22)26)8-7-16-13-18(34-5-2)15-19(14-16)35-6-3/h4,13-15,17H,1,5-6,9-12H2,2-3H3,(H2,26,27)(H,28,33). The Bertz CT molecular complexity index is 1350. The van der Waals surface area contributed by atoms with Crippen LogP contribution in [0.3, 0.4) is 0 Å². The van der Waals surface area contributed by atoms with Crippen LogP contribution in [-0.2, 0) is 4.79 Å². The van der Waals surface area contributed by atoms with Gasteiger partial charge in [0.25, 0.3) is 5.56 Å². The number of nitrogens with zero attached hydrogens (tertiary/aromatic N) is 4. The van der Waals surface area contributed by atoms with E-state index in [0.717, 1.165) is 0 Å². The lowest BCUT2D eigenvalue weighted by Gasteiger charge is -2.31. The van der Waals surface area contributed by atoms with E-state index in [2.05, 4.69) is 33.7 Å². The summed E-state index contributed by atoms with van der Waals surface area (Å²) in [7, 11) is 0. The van der Waals surface area contributed by atoms with Crippen molar-refractivity contribution in [2.45, 2.75) is 32.7 Å². The molecule has 1 aliphatic heterocycles. The fourth-order valence-corrected chi connectivity index (χ4v) is 4.18. The molecule has 1 aliphatic rings. The lowest BCUT2D eigenvalue weighted by atomic mass is 10.0. The third-order valence-electron chi connectivity index (χ3n) is 5.78. The molecule has 1 saturated heterocycles. The summed E-state index contributed by atoms with van der Waals surface area (Å²) in [5, 5.41) is 11.3. The van der Waals surface area contributed by atoms with Gasteiger partial charge in [0.05, 0.1) is 24.6 Å². The van der Waals surface area contributed by atoms with Crippen LogP contribution in [0.4, 0.5) is 5.82 Å². The summed E-state index contributed by atoms with van der Waals surface area (Å²) >= 11 is 0. The number of carbonyl (C=O) groups excluding carboxylic acids is 1. The lowest BCUT2D eigenvalue weighted by Crippen LogP contribution is -2.38. The Labute approximate surface area is 202 Å². The Morgan fingerprint density at radius 2 is 1.86 bits per heavy atom. The van der Waals surface area contributed by atoms with E-state index in [9.17, 15) is 9.59 Å². The summed E-state index contributed by atoms with van der Waals surface area (Å²) in [4.78, 5) is 26.2. The number of nitrogens with one attached hydrogen (secondary N) is 1. The predicted octanol–water partition coefficient (Wildman–Crippen LogP) is 2.25. The number of H-pyrrole nitrogens is 1. The van der Waals surface area contributed by atoms with Crippen molar-refractivity contribution in [3.05, 3.63) is 52.5 Å². The van der Waals surface area contributed by atoms with E-state index in [4.69, 9.17) is 15.2 Å². The third kappa shape index (κ3) is 4.99. The molecule has 1 fully saturated rings. The van der Waals surface area contributed by atoms with Crippen LogP contribution in [0, 0.1) is 11.8 Å². The van der Waals surface area contributed by atoms with Gasteiger partial charge in [0.1, 0.15) is 17.2 Å². The van der Waals surface area contributed by atoms with Gasteiger partial charge in [-0.3, -0.25) is 14.3 Å². The second-order valence-corrected chi connectivity index (χ2v) is 8.02. The maximum Gasteiger partial charge on any atom is 0.292 e. The Hall–Kier alpha value is -4.26. The minimum Gasteiger partial charge on any atom is -0.494 e. The topological polar surface area (TPSA) is 128 Å². The molecule has 3 aromatic rings. The Kier molecular flexibility index (Phi) is 7.06. The maximum atomic E-state index is 12.5. The zero-order valence-corrected chi connectivity index (χ0v) is 19.8. The van der Waals surface area contributed by atoms with Crippen LogP contribution >= 0.6 is 0 Å². The van der Waals surface area contributed by atoms with Gasteiger partial charge in [-0.15, -0.1) is 0 Å². The van der Waals surface area contributed by atoms with Crippen molar-refractivity contribution in [3.8, 4) is 23.3 Å². The summed E-state index contributed by atoms with van der Waals surface area (Å²) in [5.74, 6) is 7.68. The van der Waals surface area contributed by atoms with Crippen molar-refractivity contribution in [3.63, 3.8) is 0 Å². The average Bonchev–Trinajstić information content (AvgIpc) is 3.26. The monoisotopic (exact) mass is 476 g/mol. The summed E-state index contributed by atoms with van der Waals surface area (Å²) in [5.41, 5.74) is 7.07. The third-order valence-corrected chi connectivity index (χ3v) is 5.78. The molecule has 0 aliphatic carbocycles. The number of hydrogen-bond donors (Lipinski definition) is 2. The molecule has 2 aromatic heterocycles. The maximum absolute atomic E-state index is 12.5. The van der Waals surface area contributed by atoms with Gasteiger partial charge in [0.2, 0.25) is 5.91 Å². The number of fused-ring (bicyclic) bond motifs is 1. The largest absolute Gasteiger partial charge is 0.494 e. The highest BCUT2D eigenvalue weighted by Gasteiger charge is 2.27. The number of ether oxygens (including phenoxy) is 2. The molecule has 0 spiro atoms. The summed E-state index contributed by atoms with van der Waals surface area (Å²) in [6.07, 6.45) is 2.63. The number of likely N-dealkylation sites (tertiary alicyclic amines) is 1. The van der Waals surface area contributed by atoms with Gasteiger partial charge < -0.3 is 20.1 Å².